The number of nitrogens with zero attached hydrogens (tertiary/aromatic N) is 3. The van der Waals surface area contributed by atoms with Crippen LogP contribution in [0.1, 0.15) is 17.1 Å². The predicted octanol–water partition coefficient (Wildman–Crippen LogP) is 5.60. The molecule has 0 saturated heterocycles. The Labute approximate surface area is 184 Å². The Hall–Kier alpha value is -4.37. The summed E-state index contributed by atoms with van der Waals surface area (Å²) >= 11 is 0. The van der Waals surface area contributed by atoms with Crippen molar-refractivity contribution >= 4 is 22.0 Å². The number of benzene rings is 3. The van der Waals surface area contributed by atoms with Crippen molar-refractivity contribution in [1.82, 2.24) is 9.97 Å². The number of nitriles is 1. The summed E-state index contributed by atoms with van der Waals surface area (Å²) < 4.78 is 17.3. The van der Waals surface area contributed by atoms with Crippen LogP contribution in [0.15, 0.2) is 83.3 Å². The molecule has 3 aromatic carbocycles. The van der Waals surface area contributed by atoms with Crippen molar-refractivity contribution < 1.29 is 13.9 Å². The standard InChI is InChI=1S/C26H19N3O3/c27-14-13-26-29-24-12-5-18(15-25(24)32-26)16-30-21-8-10-22(11-9-21)31-17-20-7-6-19-3-1-2-4-23(19)28-20/h1-12,15H,13,16-17H2. The topological polar surface area (TPSA) is 81.2 Å². The minimum absolute atomic E-state index is 0.159. The fraction of sp³-hybridized carbons (Fsp3) is 0.115. The van der Waals surface area contributed by atoms with Crippen molar-refractivity contribution in [2.45, 2.75) is 19.6 Å². The summed E-state index contributed by atoms with van der Waals surface area (Å²) in [4.78, 5) is 8.90. The molecule has 2 heterocycles. The lowest BCUT2D eigenvalue weighted by molar-refractivity contribution is 0.295. The molecule has 0 aliphatic rings. The van der Waals surface area contributed by atoms with Gasteiger partial charge in [-0.1, -0.05) is 30.3 Å². The van der Waals surface area contributed by atoms with E-state index >= 15 is 0 Å². The van der Waals surface area contributed by atoms with Gasteiger partial charge in [-0.15, -0.1) is 0 Å². The average Bonchev–Trinajstić information content (AvgIpc) is 3.24. The molecule has 0 spiro atoms. The number of pyridine rings is 1. The molecule has 0 N–H and O–H groups in total. The van der Waals surface area contributed by atoms with Gasteiger partial charge < -0.3 is 13.9 Å². The Morgan fingerprint density at radius 3 is 2.38 bits per heavy atom. The van der Waals surface area contributed by atoms with E-state index in [9.17, 15) is 0 Å². The normalized spacial score (nSPS) is 10.8. The molecule has 0 amide bonds. The van der Waals surface area contributed by atoms with Gasteiger partial charge in [0.1, 0.15) is 36.7 Å². The van der Waals surface area contributed by atoms with E-state index in [1.54, 1.807) is 0 Å². The van der Waals surface area contributed by atoms with Crippen molar-refractivity contribution in [3.8, 4) is 17.6 Å². The van der Waals surface area contributed by atoms with Gasteiger partial charge in [0.05, 0.1) is 17.3 Å². The second-order valence-corrected chi connectivity index (χ2v) is 7.29. The second-order valence-electron chi connectivity index (χ2n) is 7.29. The van der Waals surface area contributed by atoms with E-state index in [-0.39, 0.29) is 6.42 Å². The Bertz CT molecular complexity index is 1420. The first-order chi connectivity index (χ1) is 15.8. The van der Waals surface area contributed by atoms with Gasteiger partial charge in [-0.05, 0) is 54.1 Å². The number of hydrogen-bond donors (Lipinski definition) is 0. The van der Waals surface area contributed by atoms with E-state index in [0.29, 0.717) is 24.7 Å². The third kappa shape index (κ3) is 4.37. The highest BCUT2D eigenvalue weighted by atomic mass is 16.5. The molecule has 156 valence electrons. The van der Waals surface area contributed by atoms with Gasteiger partial charge in [0.25, 0.3) is 0 Å². The summed E-state index contributed by atoms with van der Waals surface area (Å²) in [6.07, 6.45) is 0.159. The number of rotatable bonds is 7. The van der Waals surface area contributed by atoms with E-state index in [2.05, 4.69) is 16.0 Å². The van der Waals surface area contributed by atoms with Crippen LogP contribution in [0.25, 0.3) is 22.0 Å². The number of hydrogen-bond acceptors (Lipinski definition) is 6. The van der Waals surface area contributed by atoms with Crippen molar-refractivity contribution in [3.63, 3.8) is 0 Å². The predicted molar refractivity (Wildman–Crippen MR) is 120 cm³/mol. The number of fused-ring (bicyclic) bond motifs is 2. The zero-order chi connectivity index (χ0) is 21.8. The summed E-state index contributed by atoms with van der Waals surface area (Å²) in [6.45, 7) is 0.793. The van der Waals surface area contributed by atoms with Crippen LogP contribution in [0.2, 0.25) is 0 Å². The second kappa shape index (κ2) is 8.78. The number of oxazole rings is 1. The van der Waals surface area contributed by atoms with Crippen LogP contribution < -0.4 is 9.47 Å². The largest absolute Gasteiger partial charge is 0.489 e. The van der Waals surface area contributed by atoms with Crippen molar-refractivity contribution in [1.29, 1.82) is 5.26 Å². The summed E-state index contributed by atoms with van der Waals surface area (Å²) in [5.41, 5.74) is 4.19. The Morgan fingerprint density at radius 2 is 1.56 bits per heavy atom. The smallest absolute Gasteiger partial charge is 0.209 e. The lowest BCUT2D eigenvalue weighted by Crippen LogP contribution is -1.99. The van der Waals surface area contributed by atoms with Crippen molar-refractivity contribution in [2.24, 2.45) is 0 Å². The van der Waals surface area contributed by atoms with E-state index in [1.807, 2.05) is 78.9 Å². The van der Waals surface area contributed by atoms with Crippen LogP contribution in [0.4, 0.5) is 0 Å². The number of para-hydroxylation sites is 1. The zero-order valence-electron chi connectivity index (χ0n) is 17.2. The molecule has 32 heavy (non-hydrogen) atoms. The Morgan fingerprint density at radius 1 is 0.781 bits per heavy atom. The van der Waals surface area contributed by atoms with Crippen molar-refractivity contribution in [2.75, 3.05) is 0 Å². The molecule has 0 unspecified atom stereocenters. The maximum Gasteiger partial charge on any atom is 0.209 e. The Kier molecular flexibility index (Phi) is 5.38. The molecule has 0 aliphatic carbocycles. The number of ether oxygens (including phenoxy) is 2. The fourth-order valence-electron chi connectivity index (χ4n) is 3.39. The van der Waals surface area contributed by atoms with Gasteiger partial charge in [0.2, 0.25) is 5.89 Å². The summed E-state index contributed by atoms with van der Waals surface area (Å²) in [7, 11) is 0. The van der Waals surface area contributed by atoms with Gasteiger partial charge in [-0.25, -0.2) is 9.97 Å². The molecular formula is C26H19N3O3. The Balaban J connectivity index is 1.18. The quantitative estimate of drug-likeness (QED) is 0.340. The van der Waals surface area contributed by atoms with Gasteiger partial charge in [0.15, 0.2) is 5.58 Å². The fourth-order valence-corrected chi connectivity index (χ4v) is 3.39. The molecule has 5 aromatic rings. The zero-order valence-corrected chi connectivity index (χ0v) is 17.2. The lowest BCUT2D eigenvalue weighted by Gasteiger charge is -2.09. The molecule has 5 rings (SSSR count). The summed E-state index contributed by atoms with van der Waals surface area (Å²) in [5, 5.41) is 9.89. The molecule has 6 heteroatoms. The first kappa shape index (κ1) is 19.6. The third-order valence-corrected chi connectivity index (χ3v) is 5.00. The highest BCUT2D eigenvalue weighted by Gasteiger charge is 2.07. The maximum absolute atomic E-state index is 8.78. The first-order valence-electron chi connectivity index (χ1n) is 10.2. The maximum atomic E-state index is 8.78. The van der Waals surface area contributed by atoms with Gasteiger partial charge in [-0.2, -0.15) is 5.26 Å². The molecule has 0 bridgehead atoms. The molecule has 0 atom stereocenters. The third-order valence-electron chi connectivity index (χ3n) is 5.00. The van der Waals surface area contributed by atoms with Crippen LogP contribution >= 0.6 is 0 Å². The minimum Gasteiger partial charge on any atom is -0.489 e. The molecule has 0 radical (unpaired) electrons. The molecular weight excluding hydrogens is 402 g/mol. The minimum atomic E-state index is 0.159. The summed E-state index contributed by atoms with van der Waals surface area (Å²) in [6, 6.07) is 27.3. The van der Waals surface area contributed by atoms with E-state index < -0.39 is 0 Å². The molecule has 0 fully saturated rings. The monoisotopic (exact) mass is 421 g/mol. The SMILES string of the molecule is N#CCc1nc2ccc(COc3ccc(OCc4ccc5ccccc5n4)cc3)cc2o1. The lowest BCUT2D eigenvalue weighted by atomic mass is 10.2. The first-order valence-corrected chi connectivity index (χ1v) is 10.2. The van der Waals surface area contributed by atoms with Crippen LogP contribution in [-0.4, -0.2) is 9.97 Å². The van der Waals surface area contributed by atoms with Crippen LogP contribution in [0, 0.1) is 11.3 Å². The highest BCUT2D eigenvalue weighted by Crippen LogP contribution is 2.22. The highest BCUT2D eigenvalue weighted by molar-refractivity contribution is 5.78. The molecule has 0 saturated carbocycles. The molecule has 2 aromatic heterocycles. The van der Waals surface area contributed by atoms with Crippen molar-refractivity contribution in [3.05, 3.63) is 96.0 Å². The van der Waals surface area contributed by atoms with Gasteiger partial charge >= 0.3 is 0 Å². The van der Waals surface area contributed by atoms with E-state index in [0.717, 1.165) is 39.2 Å². The van der Waals surface area contributed by atoms with E-state index in [4.69, 9.17) is 19.2 Å². The average molecular weight is 421 g/mol. The molecule has 0 aliphatic heterocycles. The van der Waals surface area contributed by atoms with Crippen LogP contribution in [0.5, 0.6) is 11.5 Å². The summed E-state index contributed by atoms with van der Waals surface area (Å²) in [5.74, 6) is 1.92. The molecule has 6 nitrogen and oxygen atoms in total. The van der Waals surface area contributed by atoms with E-state index in [1.165, 1.54) is 0 Å². The van der Waals surface area contributed by atoms with Gasteiger partial charge in [-0.3, -0.25) is 0 Å². The van der Waals surface area contributed by atoms with Gasteiger partial charge in [0, 0.05) is 5.39 Å². The number of aromatic nitrogens is 2. The van der Waals surface area contributed by atoms with Crippen LogP contribution in [-0.2, 0) is 19.6 Å². The van der Waals surface area contributed by atoms with Crippen LogP contribution in [0.3, 0.4) is 0 Å².